The minimum atomic E-state index is -0.0635. The third-order valence-electron chi connectivity index (χ3n) is 3.51. The van der Waals surface area contributed by atoms with Gasteiger partial charge in [-0.2, -0.15) is 0 Å². The van der Waals surface area contributed by atoms with Crippen molar-refractivity contribution >= 4 is 29.1 Å². The van der Waals surface area contributed by atoms with Crippen LogP contribution >= 0.6 is 23.2 Å². The zero-order chi connectivity index (χ0) is 14.0. The fourth-order valence-electron chi connectivity index (χ4n) is 2.36. The largest absolute Gasteiger partial charge is 0.337 e. The Morgan fingerprint density at radius 1 is 1.53 bits per heavy atom. The third-order valence-corrected chi connectivity index (χ3v) is 4.20. The number of hydrogen-bond acceptors (Lipinski definition) is 3. The van der Waals surface area contributed by atoms with Gasteiger partial charge in [-0.15, -0.1) is 0 Å². The minimum absolute atomic E-state index is 0.0635. The first-order valence-corrected chi connectivity index (χ1v) is 7.01. The maximum atomic E-state index is 12.4. The number of halogens is 2. The van der Waals surface area contributed by atoms with E-state index in [-0.39, 0.29) is 17.1 Å². The van der Waals surface area contributed by atoms with Gasteiger partial charge in [0, 0.05) is 25.8 Å². The molecule has 0 bridgehead atoms. The molecule has 0 N–H and O–H groups in total. The number of likely N-dealkylation sites (tertiary alicyclic amines) is 1. The Bertz CT molecular complexity index is 481. The predicted molar refractivity (Wildman–Crippen MR) is 76.9 cm³/mol. The molecule has 2 rings (SSSR count). The van der Waals surface area contributed by atoms with Crippen molar-refractivity contribution in [1.29, 1.82) is 0 Å². The SMILES string of the molecule is CN1CCCC(N(C)C(=O)c2cnc(Cl)c(Cl)c2)C1. The van der Waals surface area contributed by atoms with Gasteiger partial charge in [0.15, 0.2) is 0 Å². The second-order valence-corrected chi connectivity index (χ2v) is 5.74. The Kier molecular flexibility index (Phi) is 4.66. The van der Waals surface area contributed by atoms with E-state index in [9.17, 15) is 4.79 Å². The standard InChI is InChI=1S/C13H17Cl2N3O/c1-17-5-3-4-10(8-17)18(2)13(19)9-6-11(14)12(15)16-7-9/h6-7,10H,3-5,8H2,1-2H3. The minimum Gasteiger partial charge on any atom is -0.337 e. The fraction of sp³-hybridized carbons (Fsp3) is 0.538. The van der Waals surface area contributed by atoms with Crippen LogP contribution in [0.25, 0.3) is 0 Å². The van der Waals surface area contributed by atoms with E-state index in [1.165, 1.54) is 6.20 Å². The van der Waals surface area contributed by atoms with Crippen LogP contribution in [0.3, 0.4) is 0 Å². The Morgan fingerprint density at radius 2 is 2.26 bits per heavy atom. The topological polar surface area (TPSA) is 36.4 Å². The van der Waals surface area contributed by atoms with E-state index in [0.29, 0.717) is 10.6 Å². The summed E-state index contributed by atoms with van der Waals surface area (Å²) >= 11 is 11.7. The molecule has 1 amide bonds. The lowest BCUT2D eigenvalue weighted by atomic mass is 10.0. The average Bonchev–Trinajstić information content (AvgIpc) is 2.40. The lowest BCUT2D eigenvalue weighted by Crippen LogP contribution is -2.47. The Hall–Kier alpha value is -0.840. The van der Waals surface area contributed by atoms with Crippen LogP contribution in [-0.2, 0) is 0 Å². The van der Waals surface area contributed by atoms with Crippen molar-refractivity contribution < 1.29 is 4.79 Å². The van der Waals surface area contributed by atoms with Gasteiger partial charge in [-0.05, 0) is 32.5 Å². The first kappa shape index (κ1) is 14.6. The molecule has 1 aliphatic heterocycles. The van der Waals surface area contributed by atoms with Crippen molar-refractivity contribution in [2.75, 3.05) is 27.2 Å². The number of carbonyl (C=O) groups excluding carboxylic acids is 1. The molecule has 0 aliphatic carbocycles. The zero-order valence-corrected chi connectivity index (χ0v) is 12.6. The van der Waals surface area contributed by atoms with E-state index in [2.05, 4.69) is 16.9 Å². The summed E-state index contributed by atoms with van der Waals surface area (Å²) in [4.78, 5) is 20.3. The molecule has 19 heavy (non-hydrogen) atoms. The van der Waals surface area contributed by atoms with Gasteiger partial charge in [0.25, 0.3) is 5.91 Å². The Labute approximate surface area is 123 Å². The second kappa shape index (κ2) is 6.07. The van der Waals surface area contributed by atoms with Crippen molar-refractivity contribution in [2.45, 2.75) is 18.9 Å². The van der Waals surface area contributed by atoms with E-state index in [4.69, 9.17) is 23.2 Å². The van der Waals surface area contributed by atoms with Crippen LogP contribution in [0.4, 0.5) is 0 Å². The molecule has 0 spiro atoms. The van der Waals surface area contributed by atoms with Gasteiger partial charge in [-0.1, -0.05) is 23.2 Å². The summed E-state index contributed by atoms with van der Waals surface area (Å²) in [6.07, 6.45) is 3.61. The normalized spacial score (nSPS) is 20.3. The van der Waals surface area contributed by atoms with Crippen LogP contribution in [0.2, 0.25) is 10.2 Å². The van der Waals surface area contributed by atoms with Gasteiger partial charge in [-0.3, -0.25) is 4.79 Å². The highest BCUT2D eigenvalue weighted by Crippen LogP contribution is 2.22. The summed E-state index contributed by atoms with van der Waals surface area (Å²) < 4.78 is 0. The van der Waals surface area contributed by atoms with Crippen molar-refractivity contribution in [3.8, 4) is 0 Å². The number of hydrogen-bond donors (Lipinski definition) is 0. The van der Waals surface area contributed by atoms with Gasteiger partial charge in [-0.25, -0.2) is 4.98 Å². The van der Waals surface area contributed by atoms with Crippen LogP contribution in [0.15, 0.2) is 12.3 Å². The molecule has 1 aliphatic rings. The highest BCUT2D eigenvalue weighted by Gasteiger charge is 2.25. The maximum Gasteiger partial charge on any atom is 0.255 e. The molecular weight excluding hydrogens is 285 g/mol. The summed E-state index contributed by atoms with van der Waals surface area (Å²) in [5, 5.41) is 0.528. The number of likely N-dealkylation sites (N-methyl/N-ethyl adjacent to an activating group) is 2. The van der Waals surface area contributed by atoms with Crippen LogP contribution in [0.1, 0.15) is 23.2 Å². The Morgan fingerprint density at radius 3 is 2.89 bits per heavy atom. The summed E-state index contributed by atoms with van der Waals surface area (Å²) in [5.41, 5.74) is 0.477. The van der Waals surface area contributed by atoms with Gasteiger partial charge >= 0.3 is 0 Å². The number of rotatable bonds is 2. The highest BCUT2D eigenvalue weighted by atomic mass is 35.5. The third kappa shape index (κ3) is 3.38. The number of nitrogens with zero attached hydrogens (tertiary/aromatic N) is 3. The summed E-state index contributed by atoms with van der Waals surface area (Å²) in [6.45, 7) is 1.99. The maximum absolute atomic E-state index is 12.4. The van der Waals surface area contributed by atoms with Crippen molar-refractivity contribution in [2.24, 2.45) is 0 Å². The van der Waals surface area contributed by atoms with Crippen LogP contribution in [0.5, 0.6) is 0 Å². The molecule has 2 heterocycles. The molecule has 0 radical (unpaired) electrons. The first-order valence-electron chi connectivity index (χ1n) is 6.26. The summed E-state index contributed by atoms with van der Waals surface area (Å²) in [6, 6.07) is 1.81. The van der Waals surface area contributed by atoms with E-state index in [1.807, 2.05) is 7.05 Å². The van der Waals surface area contributed by atoms with Gasteiger partial charge in [0.1, 0.15) is 5.15 Å². The average molecular weight is 302 g/mol. The highest BCUT2D eigenvalue weighted by molar-refractivity contribution is 6.41. The van der Waals surface area contributed by atoms with E-state index in [1.54, 1.807) is 11.0 Å². The zero-order valence-electron chi connectivity index (χ0n) is 11.1. The van der Waals surface area contributed by atoms with E-state index in [0.717, 1.165) is 25.9 Å². The van der Waals surface area contributed by atoms with Crippen LogP contribution in [-0.4, -0.2) is 53.9 Å². The van der Waals surface area contributed by atoms with Gasteiger partial charge < -0.3 is 9.80 Å². The molecule has 0 saturated carbocycles. The smallest absolute Gasteiger partial charge is 0.255 e. The lowest BCUT2D eigenvalue weighted by molar-refractivity contribution is 0.0643. The quantitative estimate of drug-likeness (QED) is 0.788. The number of piperidine rings is 1. The molecule has 1 aromatic heterocycles. The van der Waals surface area contributed by atoms with Crippen molar-refractivity contribution in [1.82, 2.24) is 14.8 Å². The second-order valence-electron chi connectivity index (χ2n) is 4.97. The first-order chi connectivity index (χ1) is 8.99. The molecule has 4 nitrogen and oxygen atoms in total. The molecule has 1 aromatic rings. The molecule has 1 atom stereocenters. The molecular formula is C13H17Cl2N3O. The number of aromatic nitrogens is 1. The fourth-order valence-corrected chi connectivity index (χ4v) is 2.63. The molecule has 0 aromatic carbocycles. The van der Waals surface area contributed by atoms with E-state index >= 15 is 0 Å². The van der Waals surface area contributed by atoms with E-state index < -0.39 is 0 Å². The monoisotopic (exact) mass is 301 g/mol. The molecule has 1 fully saturated rings. The molecule has 1 saturated heterocycles. The van der Waals surface area contributed by atoms with Gasteiger partial charge in [0.05, 0.1) is 10.6 Å². The lowest BCUT2D eigenvalue weighted by Gasteiger charge is -2.35. The van der Waals surface area contributed by atoms with Crippen LogP contribution < -0.4 is 0 Å². The van der Waals surface area contributed by atoms with Crippen molar-refractivity contribution in [3.05, 3.63) is 28.0 Å². The number of carbonyl (C=O) groups is 1. The van der Waals surface area contributed by atoms with Crippen LogP contribution in [0, 0.1) is 0 Å². The summed E-state index contributed by atoms with van der Waals surface area (Å²) in [5.74, 6) is -0.0635. The molecule has 1 unspecified atom stereocenters. The molecule has 6 heteroatoms. The Balaban J connectivity index is 2.11. The molecule has 104 valence electrons. The van der Waals surface area contributed by atoms with Crippen molar-refractivity contribution in [3.63, 3.8) is 0 Å². The predicted octanol–water partition coefficient (Wildman–Crippen LogP) is 2.55. The van der Waals surface area contributed by atoms with Gasteiger partial charge in [0.2, 0.25) is 0 Å². The summed E-state index contributed by atoms with van der Waals surface area (Å²) in [7, 11) is 3.90. The number of pyridine rings is 1. The number of amides is 1.